The maximum atomic E-state index is 12.2. The molecule has 1 amide bonds. The molecule has 0 fully saturated rings. The smallest absolute Gasteiger partial charge is 0.226 e. The van der Waals surface area contributed by atoms with Crippen molar-refractivity contribution in [1.82, 2.24) is 10.3 Å². The van der Waals surface area contributed by atoms with E-state index in [4.69, 9.17) is 9.47 Å². The second-order valence-corrected chi connectivity index (χ2v) is 9.09. The third-order valence-corrected chi connectivity index (χ3v) is 6.29. The Kier molecular flexibility index (Phi) is 5.37. The lowest BCUT2D eigenvalue weighted by Crippen LogP contribution is -2.29. The number of para-hydroxylation sites is 1. The van der Waals surface area contributed by atoms with Gasteiger partial charge in [-0.2, -0.15) is 0 Å². The Morgan fingerprint density at radius 3 is 3.00 bits per heavy atom. The summed E-state index contributed by atoms with van der Waals surface area (Å²) in [5.74, 6) is 1.50. The van der Waals surface area contributed by atoms with E-state index in [-0.39, 0.29) is 17.9 Å². The molecule has 0 saturated carbocycles. The Bertz CT molecular complexity index is 964. The summed E-state index contributed by atoms with van der Waals surface area (Å²) >= 11 is 3.22. The topological polar surface area (TPSA) is 60.5 Å². The van der Waals surface area contributed by atoms with E-state index in [0.29, 0.717) is 13.2 Å². The van der Waals surface area contributed by atoms with Crippen molar-refractivity contribution in [2.45, 2.75) is 32.3 Å². The van der Waals surface area contributed by atoms with Crippen LogP contribution >= 0.6 is 22.7 Å². The van der Waals surface area contributed by atoms with Crippen LogP contribution in [0.25, 0.3) is 9.88 Å². The second kappa shape index (κ2) is 7.93. The van der Waals surface area contributed by atoms with Gasteiger partial charge in [-0.05, 0) is 31.4 Å². The summed E-state index contributed by atoms with van der Waals surface area (Å²) in [5, 5.41) is 7.82. The van der Waals surface area contributed by atoms with Crippen LogP contribution in [0.4, 0.5) is 0 Å². The largest absolute Gasteiger partial charge is 0.488 e. The molecule has 3 heterocycles. The standard InChI is InChI=1S/C21H22N2O3S2/c1-21(2)12-14-5-3-6-16(19(14)26-21)25-9-8-22-18(24)11-15-13-28-20(23-15)17-7-4-10-27-17/h3-7,10,13H,8-9,11-12H2,1-2H3,(H,22,24). The third kappa shape index (κ3) is 4.36. The number of hydrogen-bond acceptors (Lipinski definition) is 6. The minimum absolute atomic E-state index is 0.0534. The van der Waals surface area contributed by atoms with E-state index >= 15 is 0 Å². The summed E-state index contributed by atoms with van der Waals surface area (Å²) in [6.45, 7) is 4.97. The molecule has 146 valence electrons. The van der Waals surface area contributed by atoms with E-state index in [2.05, 4.69) is 30.2 Å². The quantitative estimate of drug-likeness (QED) is 0.585. The van der Waals surface area contributed by atoms with Crippen molar-refractivity contribution in [2.75, 3.05) is 13.2 Å². The van der Waals surface area contributed by atoms with E-state index in [0.717, 1.165) is 39.1 Å². The Labute approximate surface area is 172 Å². The number of thiazole rings is 1. The zero-order valence-corrected chi connectivity index (χ0v) is 17.5. The van der Waals surface area contributed by atoms with E-state index in [1.807, 2.05) is 35.0 Å². The van der Waals surface area contributed by atoms with Crippen LogP contribution in [0.1, 0.15) is 25.1 Å². The monoisotopic (exact) mass is 414 g/mol. The fourth-order valence-electron chi connectivity index (χ4n) is 3.18. The van der Waals surface area contributed by atoms with Gasteiger partial charge in [-0.15, -0.1) is 22.7 Å². The first-order valence-electron chi connectivity index (χ1n) is 9.19. The lowest BCUT2D eigenvalue weighted by Gasteiger charge is -2.18. The third-order valence-electron chi connectivity index (χ3n) is 4.36. The number of fused-ring (bicyclic) bond motifs is 1. The molecule has 28 heavy (non-hydrogen) atoms. The van der Waals surface area contributed by atoms with Crippen LogP contribution in [0, 0.1) is 0 Å². The van der Waals surface area contributed by atoms with Crippen LogP contribution in [0.5, 0.6) is 11.5 Å². The molecule has 1 aromatic carbocycles. The lowest BCUT2D eigenvalue weighted by molar-refractivity contribution is -0.120. The molecule has 0 saturated heterocycles. The SMILES string of the molecule is CC1(C)Cc2cccc(OCCNC(=O)Cc3csc(-c4cccs4)n3)c2O1. The molecule has 0 bridgehead atoms. The maximum Gasteiger partial charge on any atom is 0.226 e. The van der Waals surface area contributed by atoms with Crippen LogP contribution in [-0.4, -0.2) is 29.6 Å². The second-order valence-electron chi connectivity index (χ2n) is 7.28. The minimum atomic E-state index is -0.203. The van der Waals surface area contributed by atoms with E-state index < -0.39 is 0 Å². The predicted molar refractivity (Wildman–Crippen MR) is 112 cm³/mol. The van der Waals surface area contributed by atoms with Gasteiger partial charge in [-0.3, -0.25) is 4.79 Å². The van der Waals surface area contributed by atoms with Gasteiger partial charge in [0.1, 0.15) is 17.2 Å². The average molecular weight is 415 g/mol. The van der Waals surface area contributed by atoms with Gasteiger partial charge in [0.05, 0.1) is 23.5 Å². The number of amides is 1. The highest BCUT2D eigenvalue weighted by Crippen LogP contribution is 2.41. The molecule has 1 aliphatic rings. The first-order chi connectivity index (χ1) is 13.5. The van der Waals surface area contributed by atoms with Gasteiger partial charge in [0.15, 0.2) is 11.5 Å². The summed E-state index contributed by atoms with van der Waals surface area (Å²) in [7, 11) is 0. The van der Waals surface area contributed by atoms with Crippen LogP contribution in [0.2, 0.25) is 0 Å². The van der Waals surface area contributed by atoms with Crippen LogP contribution < -0.4 is 14.8 Å². The van der Waals surface area contributed by atoms with Gasteiger partial charge in [0.25, 0.3) is 0 Å². The van der Waals surface area contributed by atoms with Crippen molar-refractivity contribution < 1.29 is 14.3 Å². The van der Waals surface area contributed by atoms with Crippen molar-refractivity contribution in [1.29, 1.82) is 0 Å². The van der Waals surface area contributed by atoms with Crippen molar-refractivity contribution in [3.8, 4) is 21.4 Å². The van der Waals surface area contributed by atoms with Gasteiger partial charge in [-0.1, -0.05) is 18.2 Å². The number of ether oxygens (including phenoxy) is 2. The van der Waals surface area contributed by atoms with Crippen LogP contribution in [0.15, 0.2) is 41.1 Å². The fourth-order valence-corrected chi connectivity index (χ4v) is 4.81. The summed E-state index contributed by atoms with van der Waals surface area (Å²) < 4.78 is 11.8. The van der Waals surface area contributed by atoms with Crippen molar-refractivity contribution in [3.05, 3.63) is 52.3 Å². The zero-order chi connectivity index (χ0) is 19.6. The number of carbonyl (C=O) groups is 1. The van der Waals surface area contributed by atoms with Gasteiger partial charge in [0.2, 0.25) is 5.91 Å². The molecule has 0 radical (unpaired) electrons. The maximum absolute atomic E-state index is 12.2. The normalized spacial score (nSPS) is 14.4. The molecule has 4 rings (SSSR count). The number of nitrogens with zero attached hydrogens (tertiary/aromatic N) is 1. The Balaban J connectivity index is 1.24. The summed E-state index contributed by atoms with van der Waals surface area (Å²) in [6, 6.07) is 9.99. The van der Waals surface area contributed by atoms with Crippen LogP contribution in [0.3, 0.4) is 0 Å². The van der Waals surface area contributed by atoms with E-state index in [1.54, 1.807) is 22.7 Å². The summed E-state index contributed by atoms with van der Waals surface area (Å²) in [4.78, 5) is 17.8. The number of hydrogen-bond donors (Lipinski definition) is 1. The highest BCUT2D eigenvalue weighted by molar-refractivity contribution is 7.20. The highest BCUT2D eigenvalue weighted by Gasteiger charge is 2.32. The molecule has 3 aromatic rings. The molecule has 2 aromatic heterocycles. The van der Waals surface area contributed by atoms with Gasteiger partial charge in [-0.25, -0.2) is 4.98 Å². The molecule has 0 aliphatic carbocycles. The average Bonchev–Trinajstić information content (AvgIpc) is 3.37. The van der Waals surface area contributed by atoms with Gasteiger partial charge in [0, 0.05) is 17.4 Å². The van der Waals surface area contributed by atoms with Gasteiger partial charge >= 0.3 is 0 Å². The molecule has 5 nitrogen and oxygen atoms in total. The lowest BCUT2D eigenvalue weighted by atomic mass is 10.0. The first-order valence-corrected chi connectivity index (χ1v) is 10.9. The molecule has 0 unspecified atom stereocenters. The number of rotatable bonds is 7. The molecule has 0 atom stereocenters. The molecule has 0 spiro atoms. The van der Waals surface area contributed by atoms with Crippen LogP contribution in [-0.2, 0) is 17.6 Å². The molecule has 7 heteroatoms. The Morgan fingerprint density at radius 2 is 2.18 bits per heavy atom. The first kappa shape index (κ1) is 19.0. The molecular weight excluding hydrogens is 392 g/mol. The Hall–Kier alpha value is -2.38. The van der Waals surface area contributed by atoms with Crippen molar-refractivity contribution >= 4 is 28.6 Å². The van der Waals surface area contributed by atoms with E-state index in [1.165, 1.54) is 0 Å². The van der Waals surface area contributed by atoms with Gasteiger partial charge < -0.3 is 14.8 Å². The molecular formula is C21H22N2O3S2. The zero-order valence-electron chi connectivity index (χ0n) is 15.9. The number of carbonyl (C=O) groups excluding carboxylic acids is 1. The number of benzene rings is 1. The number of aromatic nitrogens is 1. The summed E-state index contributed by atoms with van der Waals surface area (Å²) in [6.07, 6.45) is 1.15. The minimum Gasteiger partial charge on any atom is -0.488 e. The van der Waals surface area contributed by atoms with Crippen molar-refractivity contribution in [3.63, 3.8) is 0 Å². The van der Waals surface area contributed by atoms with E-state index in [9.17, 15) is 4.79 Å². The van der Waals surface area contributed by atoms with Crippen molar-refractivity contribution in [2.24, 2.45) is 0 Å². The fraction of sp³-hybridized carbons (Fsp3) is 0.333. The highest BCUT2D eigenvalue weighted by atomic mass is 32.1. The number of nitrogens with one attached hydrogen (secondary N) is 1. The summed E-state index contributed by atoms with van der Waals surface area (Å²) in [5.41, 5.74) is 1.76. The molecule has 1 aliphatic heterocycles. The number of thiophene rings is 1. The predicted octanol–water partition coefficient (Wildman–Crippen LogP) is 4.32. The molecule has 1 N–H and O–H groups in total. The Morgan fingerprint density at radius 1 is 1.29 bits per heavy atom.